The van der Waals surface area contributed by atoms with Gasteiger partial charge in [-0.3, -0.25) is 4.98 Å². The van der Waals surface area contributed by atoms with Crippen molar-refractivity contribution in [1.29, 1.82) is 0 Å². The van der Waals surface area contributed by atoms with Gasteiger partial charge in [0.1, 0.15) is 5.69 Å². The SMILES string of the molecule is O=S1(=O)CCC(Nc2nnc(-c3ccccn3)o2)C1. The van der Waals surface area contributed by atoms with Gasteiger partial charge in [0.15, 0.2) is 9.84 Å². The standard InChI is InChI=1S/C11H12N4O3S/c16-19(17)6-4-8(7-19)13-11-15-14-10(18-11)9-3-1-2-5-12-9/h1-3,5,8H,4,6-7H2,(H,13,15). The van der Waals surface area contributed by atoms with Gasteiger partial charge in [-0.1, -0.05) is 11.2 Å². The molecule has 0 bridgehead atoms. The van der Waals surface area contributed by atoms with Gasteiger partial charge in [-0.2, -0.15) is 0 Å². The van der Waals surface area contributed by atoms with Crippen molar-refractivity contribution < 1.29 is 12.8 Å². The minimum atomic E-state index is -2.93. The second-order valence-electron chi connectivity index (χ2n) is 4.37. The third-order valence-electron chi connectivity index (χ3n) is 2.87. The lowest BCUT2D eigenvalue weighted by molar-refractivity contribution is 0.569. The summed E-state index contributed by atoms with van der Waals surface area (Å²) in [5.74, 6) is 0.615. The first-order chi connectivity index (χ1) is 9.12. The van der Waals surface area contributed by atoms with Crippen LogP contribution in [0, 0.1) is 0 Å². The fraction of sp³-hybridized carbons (Fsp3) is 0.364. The Kier molecular flexibility index (Phi) is 2.94. The molecule has 7 nitrogen and oxygen atoms in total. The number of nitrogens with one attached hydrogen (secondary N) is 1. The highest BCUT2D eigenvalue weighted by molar-refractivity contribution is 7.91. The summed E-state index contributed by atoms with van der Waals surface area (Å²) in [6.45, 7) is 0. The van der Waals surface area contributed by atoms with Crippen LogP contribution in [0.5, 0.6) is 0 Å². The summed E-state index contributed by atoms with van der Waals surface area (Å²) in [6, 6.07) is 5.44. The van der Waals surface area contributed by atoms with Crippen molar-refractivity contribution >= 4 is 15.9 Å². The molecule has 100 valence electrons. The van der Waals surface area contributed by atoms with Crippen molar-refractivity contribution in [2.24, 2.45) is 0 Å². The molecule has 1 N–H and O–H groups in total. The van der Waals surface area contributed by atoms with E-state index in [2.05, 4.69) is 20.5 Å². The molecule has 1 aliphatic heterocycles. The summed E-state index contributed by atoms with van der Waals surface area (Å²) >= 11 is 0. The van der Waals surface area contributed by atoms with Crippen molar-refractivity contribution in [1.82, 2.24) is 15.2 Å². The summed E-state index contributed by atoms with van der Waals surface area (Å²) < 4.78 is 28.1. The lowest BCUT2D eigenvalue weighted by Gasteiger charge is -2.06. The zero-order valence-electron chi connectivity index (χ0n) is 9.98. The maximum atomic E-state index is 11.3. The number of sulfone groups is 1. The van der Waals surface area contributed by atoms with Crippen LogP contribution in [0.4, 0.5) is 6.01 Å². The van der Waals surface area contributed by atoms with E-state index in [1.165, 1.54) is 0 Å². The smallest absolute Gasteiger partial charge is 0.316 e. The molecule has 1 fully saturated rings. The Morgan fingerprint density at radius 1 is 1.32 bits per heavy atom. The van der Waals surface area contributed by atoms with Gasteiger partial charge >= 0.3 is 6.01 Å². The van der Waals surface area contributed by atoms with E-state index in [1.54, 1.807) is 18.3 Å². The quantitative estimate of drug-likeness (QED) is 0.884. The maximum Gasteiger partial charge on any atom is 0.316 e. The van der Waals surface area contributed by atoms with E-state index >= 15 is 0 Å². The van der Waals surface area contributed by atoms with Gasteiger partial charge in [0.25, 0.3) is 5.89 Å². The van der Waals surface area contributed by atoms with E-state index in [4.69, 9.17) is 4.42 Å². The topological polar surface area (TPSA) is 98.0 Å². The molecule has 1 atom stereocenters. The molecule has 0 aliphatic carbocycles. The van der Waals surface area contributed by atoms with Crippen molar-refractivity contribution in [3.05, 3.63) is 24.4 Å². The number of pyridine rings is 1. The Labute approximate surface area is 110 Å². The Bertz CT molecular complexity index is 668. The highest BCUT2D eigenvalue weighted by atomic mass is 32.2. The third kappa shape index (κ3) is 2.73. The molecule has 2 aromatic rings. The first-order valence-corrected chi connectivity index (χ1v) is 7.66. The van der Waals surface area contributed by atoms with Crippen LogP contribution in [0.2, 0.25) is 0 Å². The van der Waals surface area contributed by atoms with Crippen LogP contribution < -0.4 is 5.32 Å². The third-order valence-corrected chi connectivity index (χ3v) is 4.64. The molecule has 0 amide bonds. The van der Waals surface area contributed by atoms with Gasteiger partial charge in [0.05, 0.1) is 11.5 Å². The summed E-state index contributed by atoms with van der Waals surface area (Å²) in [5, 5.41) is 10.7. The highest BCUT2D eigenvalue weighted by Gasteiger charge is 2.28. The summed E-state index contributed by atoms with van der Waals surface area (Å²) in [6.07, 6.45) is 2.19. The van der Waals surface area contributed by atoms with Crippen molar-refractivity contribution in [3.63, 3.8) is 0 Å². The summed E-state index contributed by atoms with van der Waals surface area (Å²) in [7, 11) is -2.93. The molecule has 3 rings (SSSR count). The first-order valence-electron chi connectivity index (χ1n) is 5.84. The van der Waals surface area contributed by atoms with Crippen LogP contribution in [0.25, 0.3) is 11.6 Å². The van der Waals surface area contributed by atoms with Gasteiger partial charge in [0.2, 0.25) is 0 Å². The minimum Gasteiger partial charge on any atom is -0.402 e. The molecule has 1 saturated heterocycles. The molecule has 0 aromatic carbocycles. The lowest BCUT2D eigenvalue weighted by Crippen LogP contribution is -2.20. The number of aromatic nitrogens is 3. The number of hydrogen-bond acceptors (Lipinski definition) is 7. The van der Waals surface area contributed by atoms with E-state index in [0.717, 1.165) is 0 Å². The van der Waals surface area contributed by atoms with E-state index in [1.807, 2.05) is 6.07 Å². The predicted octanol–water partition coefficient (Wildman–Crippen LogP) is 0.731. The zero-order valence-corrected chi connectivity index (χ0v) is 10.8. The van der Waals surface area contributed by atoms with Crippen molar-refractivity contribution in [2.75, 3.05) is 16.8 Å². The maximum absolute atomic E-state index is 11.3. The molecule has 8 heteroatoms. The van der Waals surface area contributed by atoms with E-state index in [0.29, 0.717) is 18.0 Å². The molecule has 0 saturated carbocycles. The molecule has 3 heterocycles. The monoisotopic (exact) mass is 280 g/mol. The Hall–Kier alpha value is -1.96. The fourth-order valence-electron chi connectivity index (χ4n) is 1.96. The van der Waals surface area contributed by atoms with Gasteiger partial charge in [-0.25, -0.2) is 8.42 Å². The Morgan fingerprint density at radius 3 is 2.89 bits per heavy atom. The van der Waals surface area contributed by atoms with Gasteiger partial charge in [0, 0.05) is 12.2 Å². The summed E-state index contributed by atoms with van der Waals surface area (Å²) in [5.41, 5.74) is 0.585. The Balaban J connectivity index is 1.73. The fourth-order valence-corrected chi connectivity index (χ4v) is 3.63. The summed E-state index contributed by atoms with van der Waals surface area (Å²) in [4.78, 5) is 4.10. The number of anilines is 1. The normalized spacial score (nSPS) is 21.4. The van der Waals surface area contributed by atoms with Gasteiger partial charge < -0.3 is 9.73 Å². The molecular weight excluding hydrogens is 268 g/mol. The molecule has 1 aliphatic rings. The van der Waals surface area contributed by atoms with Crippen LogP contribution in [-0.2, 0) is 9.84 Å². The van der Waals surface area contributed by atoms with Crippen LogP contribution in [-0.4, -0.2) is 41.1 Å². The van der Waals surface area contributed by atoms with Crippen LogP contribution in [0.3, 0.4) is 0 Å². The Morgan fingerprint density at radius 2 is 2.21 bits per heavy atom. The molecule has 19 heavy (non-hydrogen) atoms. The molecule has 1 unspecified atom stereocenters. The van der Waals surface area contributed by atoms with E-state index < -0.39 is 9.84 Å². The highest BCUT2D eigenvalue weighted by Crippen LogP contribution is 2.20. The first kappa shape index (κ1) is 12.1. The average Bonchev–Trinajstić information content (AvgIpc) is 2.98. The van der Waals surface area contributed by atoms with Gasteiger partial charge in [-0.05, 0) is 18.6 Å². The predicted molar refractivity (Wildman–Crippen MR) is 68.2 cm³/mol. The van der Waals surface area contributed by atoms with Crippen molar-refractivity contribution in [3.8, 4) is 11.6 Å². The molecular formula is C11H12N4O3S. The average molecular weight is 280 g/mol. The number of hydrogen-bond donors (Lipinski definition) is 1. The largest absolute Gasteiger partial charge is 0.402 e. The number of rotatable bonds is 3. The molecule has 2 aromatic heterocycles. The van der Waals surface area contributed by atoms with E-state index in [-0.39, 0.29) is 23.6 Å². The van der Waals surface area contributed by atoms with Crippen LogP contribution >= 0.6 is 0 Å². The second kappa shape index (κ2) is 4.61. The zero-order chi connectivity index (χ0) is 13.3. The minimum absolute atomic E-state index is 0.105. The van der Waals surface area contributed by atoms with E-state index in [9.17, 15) is 8.42 Å². The molecule has 0 spiro atoms. The van der Waals surface area contributed by atoms with Gasteiger partial charge in [-0.15, -0.1) is 5.10 Å². The molecule has 0 radical (unpaired) electrons. The lowest BCUT2D eigenvalue weighted by atomic mass is 10.3. The number of nitrogens with zero attached hydrogens (tertiary/aromatic N) is 3. The second-order valence-corrected chi connectivity index (χ2v) is 6.60. The van der Waals surface area contributed by atoms with Crippen LogP contribution in [0.1, 0.15) is 6.42 Å². The van der Waals surface area contributed by atoms with Crippen molar-refractivity contribution in [2.45, 2.75) is 12.5 Å². The van der Waals surface area contributed by atoms with Crippen LogP contribution in [0.15, 0.2) is 28.8 Å².